The lowest BCUT2D eigenvalue weighted by Crippen LogP contribution is -2.11. The van der Waals surface area contributed by atoms with Gasteiger partial charge in [-0.1, -0.05) is 11.6 Å². The highest BCUT2D eigenvalue weighted by atomic mass is 35.5. The highest BCUT2D eigenvalue weighted by Gasteiger charge is 2.06. The van der Waals surface area contributed by atoms with E-state index in [1.54, 1.807) is 30.5 Å². The van der Waals surface area contributed by atoms with E-state index in [1.807, 2.05) is 42.0 Å². The molecule has 1 amide bonds. The van der Waals surface area contributed by atoms with Crippen LogP contribution in [0, 0.1) is 6.92 Å². The van der Waals surface area contributed by atoms with Crippen molar-refractivity contribution in [1.29, 1.82) is 0 Å². The molecule has 0 unspecified atom stereocenters. The van der Waals surface area contributed by atoms with Crippen LogP contribution in [0.4, 0.5) is 5.69 Å². The first-order valence-corrected chi connectivity index (χ1v) is 7.18. The van der Waals surface area contributed by atoms with Crippen LogP contribution in [0.3, 0.4) is 0 Å². The predicted molar refractivity (Wildman–Crippen MR) is 87.7 cm³/mol. The summed E-state index contributed by atoms with van der Waals surface area (Å²) in [6, 6.07) is 14.4. The molecule has 0 aliphatic carbocycles. The van der Waals surface area contributed by atoms with Crippen molar-refractivity contribution in [3.63, 3.8) is 0 Å². The van der Waals surface area contributed by atoms with Gasteiger partial charge in [-0.25, -0.2) is 4.98 Å². The number of nitrogens with one attached hydrogen (secondary N) is 1. The Bertz CT molecular complexity index is 792. The molecule has 3 aromatic rings. The smallest absolute Gasteiger partial charge is 0.255 e. The molecule has 5 heteroatoms. The first-order chi connectivity index (χ1) is 10.6. The average molecular weight is 312 g/mol. The molecule has 0 atom stereocenters. The molecular formula is C17H14ClN3O. The molecule has 110 valence electrons. The lowest BCUT2D eigenvalue weighted by atomic mass is 10.2. The quantitative estimate of drug-likeness (QED) is 0.792. The zero-order chi connectivity index (χ0) is 15.5. The molecule has 0 spiro atoms. The number of halogens is 1. The second-order valence-corrected chi connectivity index (χ2v) is 5.29. The minimum atomic E-state index is -0.164. The summed E-state index contributed by atoms with van der Waals surface area (Å²) in [6.07, 6.45) is 3.65. The Morgan fingerprint density at radius 1 is 1.09 bits per heavy atom. The van der Waals surface area contributed by atoms with Gasteiger partial charge in [-0.15, -0.1) is 0 Å². The number of amides is 1. The van der Waals surface area contributed by atoms with Crippen molar-refractivity contribution < 1.29 is 4.79 Å². The van der Waals surface area contributed by atoms with E-state index in [-0.39, 0.29) is 5.91 Å². The molecule has 22 heavy (non-hydrogen) atoms. The van der Waals surface area contributed by atoms with E-state index >= 15 is 0 Å². The van der Waals surface area contributed by atoms with Crippen LogP contribution < -0.4 is 5.32 Å². The average Bonchev–Trinajstić information content (AvgIpc) is 2.95. The van der Waals surface area contributed by atoms with Crippen LogP contribution in [0.1, 0.15) is 16.2 Å². The summed E-state index contributed by atoms with van der Waals surface area (Å²) >= 11 is 5.82. The van der Waals surface area contributed by atoms with Gasteiger partial charge in [0.05, 0.1) is 0 Å². The van der Waals surface area contributed by atoms with Crippen LogP contribution >= 0.6 is 11.6 Å². The number of nitrogens with zero attached hydrogens (tertiary/aromatic N) is 2. The fraction of sp³-hybridized carbons (Fsp3) is 0.0588. The minimum Gasteiger partial charge on any atom is -0.322 e. The second kappa shape index (κ2) is 6.03. The van der Waals surface area contributed by atoms with Gasteiger partial charge in [-0.2, -0.15) is 0 Å². The normalized spacial score (nSPS) is 10.5. The molecule has 0 radical (unpaired) electrons. The van der Waals surface area contributed by atoms with E-state index in [0.29, 0.717) is 10.6 Å². The van der Waals surface area contributed by atoms with Crippen LogP contribution in [-0.2, 0) is 0 Å². The zero-order valence-electron chi connectivity index (χ0n) is 12.0. The van der Waals surface area contributed by atoms with Gasteiger partial charge in [0.2, 0.25) is 0 Å². The highest BCUT2D eigenvalue weighted by molar-refractivity contribution is 6.30. The molecule has 2 aromatic carbocycles. The van der Waals surface area contributed by atoms with E-state index < -0.39 is 0 Å². The van der Waals surface area contributed by atoms with Crippen LogP contribution in [0.5, 0.6) is 0 Å². The van der Waals surface area contributed by atoms with Crippen molar-refractivity contribution in [2.75, 3.05) is 5.32 Å². The lowest BCUT2D eigenvalue weighted by Gasteiger charge is -2.08. The molecule has 0 bridgehead atoms. The minimum absolute atomic E-state index is 0.164. The van der Waals surface area contributed by atoms with Gasteiger partial charge < -0.3 is 9.88 Å². The van der Waals surface area contributed by atoms with Crippen molar-refractivity contribution in [1.82, 2.24) is 9.55 Å². The van der Waals surface area contributed by atoms with E-state index in [0.717, 1.165) is 17.2 Å². The maximum atomic E-state index is 12.1. The Labute approximate surface area is 133 Å². The molecule has 0 saturated carbocycles. The van der Waals surface area contributed by atoms with Gasteiger partial charge >= 0.3 is 0 Å². The summed E-state index contributed by atoms with van der Waals surface area (Å²) in [6.45, 7) is 1.94. The summed E-state index contributed by atoms with van der Waals surface area (Å²) in [5.74, 6) is 0.751. The number of carbonyl (C=O) groups is 1. The molecule has 1 N–H and O–H groups in total. The Morgan fingerprint density at radius 3 is 2.36 bits per heavy atom. The first-order valence-electron chi connectivity index (χ1n) is 6.81. The molecule has 4 nitrogen and oxygen atoms in total. The Morgan fingerprint density at radius 2 is 1.77 bits per heavy atom. The maximum Gasteiger partial charge on any atom is 0.255 e. The summed E-state index contributed by atoms with van der Waals surface area (Å²) in [5, 5.41) is 3.47. The second-order valence-electron chi connectivity index (χ2n) is 4.85. The molecule has 1 heterocycles. The van der Waals surface area contributed by atoms with Crippen LogP contribution in [0.15, 0.2) is 60.9 Å². The number of carbonyl (C=O) groups excluding carboxylic acids is 1. The van der Waals surface area contributed by atoms with E-state index in [4.69, 9.17) is 11.6 Å². The Kier molecular flexibility index (Phi) is 3.94. The predicted octanol–water partition coefficient (Wildman–Crippen LogP) is 4.09. The van der Waals surface area contributed by atoms with Gasteiger partial charge in [0.1, 0.15) is 5.82 Å². The Balaban J connectivity index is 1.75. The van der Waals surface area contributed by atoms with Gasteiger partial charge in [0, 0.05) is 34.4 Å². The first kappa shape index (κ1) is 14.4. The molecule has 0 fully saturated rings. The van der Waals surface area contributed by atoms with Crippen molar-refractivity contribution in [2.45, 2.75) is 6.92 Å². The fourth-order valence-corrected chi connectivity index (χ4v) is 2.29. The monoisotopic (exact) mass is 311 g/mol. The molecule has 1 aromatic heterocycles. The number of rotatable bonds is 3. The van der Waals surface area contributed by atoms with Crippen molar-refractivity contribution in [3.8, 4) is 5.69 Å². The topological polar surface area (TPSA) is 46.9 Å². The molecule has 0 aliphatic heterocycles. The van der Waals surface area contributed by atoms with Gasteiger partial charge in [-0.3, -0.25) is 4.79 Å². The zero-order valence-corrected chi connectivity index (χ0v) is 12.7. The molecule has 0 saturated heterocycles. The van der Waals surface area contributed by atoms with Crippen LogP contribution in [-0.4, -0.2) is 15.5 Å². The highest BCUT2D eigenvalue weighted by Crippen LogP contribution is 2.16. The van der Waals surface area contributed by atoms with Crippen molar-refractivity contribution in [2.24, 2.45) is 0 Å². The van der Waals surface area contributed by atoms with Gasteiger partial charge in [-0.05, 0) is 55.5 Å². The fourth-order valence-electron chi connectivity index (χ4n) is 2.16. The van der Waals surface area contributed by atoms with Crippen molar-refractivity contribution in [3.05, 3.63) is 77.3 Å². The number of anilines is 1. The standard InChI is InChI=1S/C17H14ClN3O/c1-12-19-10-11-21(12)16-8-6-15(7-9-16)20-17(22)13-2-4-14(18)5-3-13/h2-11H,1H3,(H,20,22). The SMILES string of the molecule is Cc1nccn1-c1ccc(NC(=O)c2ccc(Cl)cc2)cc1. The summed E-state index contributed by atoms with van der Waals surface area (Å²) < 4.78 is 1.98. The molecule has 0 aliphatic rings. The number of hydrogen-bond donors (Lipinski definition) is 1. The van der Waals surface area contributed by atoms with Crippen LogP contribution in [0.25, 0.3) is 5.69 Å². The molecular weight excluding hydrogens is 298 g/mol. The number of imidazole rings is 1. The van der Waals surface area contributed by atoms with Gasteiger partial charge in [0.25, 0.3) is 5.91 Å². The third kappa shape index (κ3) is 3.02. The number of aryl methyl sites for hydroxylation is 1. The van der Waals surface area contributed by atoms with E-state index in [2.05, 4.69) is 10.3 Å². The number of benzene rings is 2. The summed E-state index contributed by atoms with van der Waals surface area (Å²) in [5.41, 5.74) is 2.31. The number of aromatic nitrogens is 2. The lowest BCUT2D eigenvalue weighted by molar-refractivity contribution is 0.102. The van der Waals surface area contributed by atoms with E-state index in [9.17, 15) is 4.79 Å². The van der Waals surface area contributed by atoms with E-state index in [1.165, 1.54) is 0 Å². The van der Waals surface area contributed by atoms with Crippen LogP contribution in [0.2, 0.25) is 5.02 Å². The Hall–Kier alpha value is -2.59. The third-order valence-corrected chi connectivity index (χ3v) is 3.59. The summed E-state index contributed by atoms with van der Waals surface area (Å²) in [7, 11) is 0. The molecule has 3 rings (SSSR count). The van der Waals surface area contributed by atoms with Crippen molar-refractivity contribution >= 4 is 23.2 Å². The van der Waals surface area contributed by atoms with Gasteiger partial charge in [0.15, 0.2) is 0 Å². The summed E-state index contributed by atoms with van der Waals surface area (Å²) in [4.78, 5) is 16.3. The maximum absolute atomic E-state index is 12.1. The third-order valence-electron chi connectivity index (χ3n) is 3.34. The number of hydrogen-bond acceptors (Lipinski definition) is 2. The largest absolute Gasteiger partial charge is 0.322 e.